The van der Waals surface area contributed by atoms with Crippen LogP contribution in [0.5, 0.6) is 0 Å². The SMILES string of the molecule is CCC1(c2ccccc2)NC(=O)N(CC(=O)OC(C)C(=O)Nc2nc(-c3ccccc3)cs2)C1=O. The summed E-state index contributed by atoms with van der Waals surface area (Å²) in [5.74, 6) is -1.99. The summed E-state index contributed by atoms with van der Waals surface area (Å²) in [6, 6.07) is 17.7. The zero-order chi connectivity index (χ0) is 25.0. The lowest BCUT2D eigenvalue weighted by Gasteiger charge is -2.25. The Morgan fingerprint density at radius 1 is 1.11 bits per heavy atom. The molecule has 0 saturated carbocycles. The molecule has 4 amide bonds. The number of amides is 4. The van der Waals surface area contributed by atoms with Crippen LogP contribution in [-0.4, -0.2) is 46.3 Å². The third-order valence-corrected chi connectivity index (χ3v) is 6.50. The first-order valence-electron chi connectivity index (χ1n) is 11.0. The summed E-state index contributed by atoms with van der Waals surface area (Å²) >= 11 is 1.25. The van der Waals surface area contributed by atoms with E-state index in [1.807, 2.05) is 41.8 Å². The topological polar surface area (TPSA) is 118 Å². The second-order valence-corrected chi connectivity index (χ2v) is 8.83. The van der Waals surface area contributed by atoms with E-state index in [2.05, 4.69) is 15.6 Å². The van der Waals surface area contributed by atoms with Crippen LogP contribution < -0.4 is 10.6 Å². The summed E-state index contributed by atoms with van der Waals surface area (Å²) in [6.45, 7) is 2.58. The van der Waals surface area contributed by atoms with E-state index in [0.29, 0.717) is 22.8 Å². The fourth-order valence-electron chi connectivity index (χ4n) is 3.83. The number of aromatic nitrogens is 1. The van der Waals surface area contributed by atoms with Gasteiger partial charge in [0.2, 0.25) is 0 Å². The van der Waals surface area contributed by atoms with Gasteiger partial charge in [0.05, 0.1) is 5.69 Å². The summed E-state index contributed by atoms with van der Waals surface area (Å²) in [6.07, 6.45) is -0.845. The van der Waals surface area contributed by atoms with Crippen molar-refractivity contribution in [2.24, 2.45) is 0 Å². The van der Waals surface area contributed by atoms with Gasteiger partial charge in [0.15, 0.2) is 11.2 Å². The Labute approximate surface area is 206 Å². The summed E-state index contributed by atoms with van der Waals surface area (Å²) in [7, 11) is 0. The second kappa shape index (κ2) is 10.1. The molecule has 1 aromatic heterocycles. The highest BCUT2D eigenvalue weighted by atomic mass is 32.1. The smallest absolute Gasteiger partial charge is 0.327 e. The van der Waals surface area contributed by atoms with E-state index in [1.165, 1.54) is 18.3 Å². The zero-order valence-corrected chi connectivity index (χ0v) is 20.0. The van der Waals surface area contributed by atoms with Crippen LogP contribution in [0.1, 0.15) is 25.8 Å². The van der Waals surface area contributed by atoms with E-state index in [1.54, 1.807) is 31.2 Å². The number of ether oxygens (including phenoxy) is 1. The number of urea groups is 1. The van der Waals surface area contributed by atoms with Gasteiger partial charge in [-0.25, -0.2) is 9.78 Å². The maximum Gasteiger partial charge on any atom is 0.327 e. The molecule has 2 atom stereocenters. The maximum atomic E-state index is 13.1. The molecule has 10 heteroatoms. The highest BCUT2D eigenvalue weighted by molar-refractivity contribution is 7.14. The van der Waals surface area contributed by atoms with Crippen LogP contribution >= 0.6 is 11.3 Å². The molecule has 0 radical (unpaired) electrons. The van der Waals surface area contributed by atoms with Crippen molar-refractivity contribution in [1.82, 2.24) is 15.2 Å². The standard InChI is InChI=1S/C25H24N4O5S/c1-3-25(18-12-8-5-9-13-18)22(32)29(24(33)28-25)14-20(30)34-16(2)21(31)27-23-26-19(15-35-23)17-10-6-4-7-11-17/h4-13,15-16H,3,14H2,1-2H3,(H,28,33)(H,26,27,31). The van der Waals surface area contributed by atoms with Gasteiger partial charge < -0.3 is 10.1 Å². The summed E-state index contributed by atoms with van der Waals surface area (Å²) in [4.78, 5) is 55.9. The molecule has 0 spiro atoms. The highest BCUT2D eigenvalue weighted by Crippen LogP contribution is 2.32. The largest absolute Gasteiger partial charge is 0.451 e. The van der Waals surface area contributed by atoms with Crippen molar-refractivity contribution in [3.63, 3.8) is 0 Å². The Kier molecular flexibility index (Phi) is 6.92. The molecule has 2 N–H and O–H groups in total. The number of carbonyl (C=O) groups excluding carboxylic acids is 4. The lowest BCUT2D eigenvalue weighted by molar-refractivity contribution is -0.155. The van der Waals surface area contributed by atoms with Gasteiger partial charge in [-0.2, -0.15) is 0 Å². The van der Waals surface area contributed by atoms with E-state index >= 15 is 0 Å². The molecule has 3 aromatic rings. The number of carbonyl (C=O) groups is 4. The summed E-state index contributed by atoms with van der Waals surface area (Å²) in [5.41, 5.74) is 1.01. The van der Waals surface area contributed by atoms with Gasteiger partial charge in [-0.1, -0.05) is 67.6 Å². The Hall–Kier alpha value is -4.05. The van der Waals surface area contributed by atoms with Crippen molar-refractivity contribution in [3.05, 3.63) is 71.6 Å². The number of thiazole rings is 1. The van der Waals surface area contributed by atoms with E-state index in [9.17, 15) is 19.2 Å². The molecule has 9 nitrogen and oxygen atoms in total. The van der Waals surface area contributed by atoms with Crippen LogP contribution in [0.3, 0.4) is 0 Å². The van der Waals surface area contributed by atoms with Gasteiger partial charge in [-0.05, 0) is 18.9 Å². The minimum Gasteiger partial charge on any atom is -0.451 e. The van der Waals surface area contributed by atoms with Crippen molar-refractivity contribution >= 4 is 40.3 Å². The summed E-state index contributed by atoms with van der Waals surface area (Å²) < 4.78 is 5.19. The summed E-state index contributed by atoms with van der Waals surface area (Å²) in [5, 5.41) is 7.50. The molecular weight excluding hydrogens is 468 g/mol. The average molecular weight is 493 g/mol. The first-order chi connectivity index (χ1) is 16.8. The molecular formula is C25H24N4O5S. The first-order valence-corrected chi connectivity index (χ1v) is 11.9. The lowest BCUT2D eigenvalue weighted by atomic mass is 9.87. The van der Waals surface area contributed by atoms with Gasteiger partial charge >= 0.3 is 12.0 Å². The van der Waals surface area contributed by atoms with Crippen LogP contribution in [-0.2, 0) is 24.7 Å². The molecule has 1 aliphatic rings. The Morgan fingerprint density at radius 3 is 2.43 bits per heavy atom. The van der Waals surface area contributed by atoms with E-state index in [4.69, 9.17) is 4.74 Å². The number of nitrogens with one attached hydrogen (secondary N) is 2. The number of benzene rings is 2. The third-order valence-electron chi connectivity index (χ3n) is 5.74. The van der Waals surface area contributed by atoms with E-state index < -0.39 is 42.0 Å². The Morgan fingerprint density at radius 2 is 1.77 bits per heavy atom. The normalized spacial score (nSPS) is 18.2. The molecule has 1 saturated heterocycles. The minimum absolute atomic E-state index is 0.310. The number of imide groups is 1. The second-order valence-electron chi connectivity index (χ2n) is 7.97. The number of hydrogen-bond acceptors (Lipinski definition) is 7. The van der Waals surface area contributed by atoms with Crippen molar-refractivity contribution in [3.8, 4) is 11.3 Å². The van der Waals surface area contributed by atoms with Crippen molar-refractivity contribution in [1.29, 1.82) is 0 Å². The molecule has 1 aliphatic heterocycles. The maximum absolute atomic E-state index is 13.1. The molecule has 0 aliphatic carbocycles. The third kappa shape index (κ3) is 4.92. The molecule has 1 fully saturated rings. The molecule has 0 bridgehead atoms. The van der Waals surface area contributed by atoms with Gasteiger partial charge in [-0.15, -0.1) is 11.3 Å². The van der Waals surface area contributed by atoms with Crippen LogP contribution in [0.15, 0.2) is 66.0 Å². The Bertz CT molecular complexity index is 1250. The number of anilines is 1. The van der Waals surface area contributed by atoms with Gasteiger partial charge in [-0.3, -0.25) is 24.6 Å². The van der Waals surface area contributed by atoms with Crippen molar-refractivity contribution < 1.29 is 23.9 Å². The monoisotopic (exact) mass is 492 g/mol. The van der Waals surface area contributed by atoms with E-state index in [0.717, 1.165) is 10.5 Å². The van der Waals surface area contributed by atoms with Crippen LogP contribution in [0.25, 0.3) is 11.3 Å². The number of nitrogens with zero attached hydrogens (tertiary/aromatic N) is 2. The fourth-order valence-corrected chi connectivity index (χ4v) is 4.55. The predicted molar refractivity (Wildman–Crippen MR) is 130 cm³/mol. The van der Waals surface area contributed by atoms with Gasteiger partial charge in [0.25, 0.3) is 11.8 Å². The minimum atomic E-state index is -1.25. The highest BCUT2D eigenvalue weighted by Gasteiger charge is 2.51. The quantitative estimate of drug-likeness (QED) is 0.367. The first kappa shape index (κ1) is 24.1. The van der Waals surface area contributed by atoms with Crippen LogP contribution in [0.4, 0.5) is 9.93 Å². The van der Waals surface area contributed by atoms with Gasteiger partial charge in [0.1, 0.15) is 12.1 Å². The van der Waals surface area contributed by atoms with Gasteiger partial charge in [0, 0.05) is 10.9 Å². The average Bonchev–Trinajstić information content (AvgIpc) is 3.43. The zero-order valence-electron chi connectivity index (χ0n) is 19.2. The van der Waals surface area contributed by atoms with Crippen LogP contribution in [0.2, 0.25) is 0 Å². The lowest BCUT2D eigenvalue weighted by Crippen LogP contribution is -2.44. The predicted octanol–water partition coefficient (Wildman–Crippen LogP) is 3.54. The number of rotatable bonds is 8. The Balaban J connectivity index is 1.36. The molecule has 2 unspecified atom stereocenters. The van der Waals surface area contributed by atoms with Crippen molar-refractivity contribution in [2.75, 3.05) is 11.9 Å². The number of hydrogen-bond donors (Lipinski definition) is 2. The molecule has 180 valence electrons. The van der Waals surface area contributed by atoms with Crippen LogP contribution in [0, 0.1) is 0 Å². The molecule has 35 heavy (non-hydrogen) atoms. The molecule has 4 rings (SSSR count). The fraction of sp³-hybridized carbons (Fsp3) is 0.240. The number of esters is 1. The van der Waals surface area contributed by atoms with E-state index in [-0.39, 0.29) is 0 Å². The molecule has 2 aromatic carbocycles. The molecule has 2 heterocycles. The van der Waals surface area contributed by atoms with Crippen molar-refractivity contribution in [2.45, 2.75) is 31.9 Å².